The van der Waals surface area contributed by atoms with Gasteiger partial charge in [-0.25, -0.2) is 0 Å². The van der Waals surface area contributed by atoms with Crippen LogP contribution >= 0.6 is 0 Å². The van der Waals surface area contributed by atoms with Crippen LogP contribution in [-0.2, 0) is 32.5 Å². The van der Waals surface area contributed by atoms with Crippen molar-refractivity contribution in [2.45, 2.75) is 45.3 Å². The maximum atomic E-state index is 13.5. The number of benzene rings is 2. The van der Waals surface area contributed by atoms with Crippen LogP contribution in [-0.4, -0.2) is 50.1 Å². The summed E-state index contributed by atoms with van der Waals surface area (Å²) in [7, 11) is 0. The predicted octanol–water partition coefficient (Wildman–Crippen LogP) is 4.69. The molecule has 3 aliphatic rings. The molecule has 2 aliphatic heterocycles. The first kappa shape index (κ1) is 22.4. The summed E-state index contributed by atoms with van der Waals surface area (Å²) in [6.45, 7) is 4.96. The summed E-state index contributed by atoms with van der Waals surface area (Å²) in [5, 5.41) is 4.92. The van der Waals surface area contributed by atoms with Crippen molar-refractivity contribution in [2.75, 3.05) is 19.6 Å². The Hall–Kier alpha value is -3.77. The second-order valence-corrected chi connectivity index (χ2v) is 10.6. The van der Waals surface area contributed by atoms with Gasteiger partial charge in [-0.2, -0.15) is 5.10 Å². The largest absolute Gasteiger partial charge is 0.337 e. The highest BCUT2D eigenvalue weighted by Crippen LogP contribution is 2.37. The Morgan fingerprint density at radius 3 is 2.51 bits per heavy atom. The van der Waals surface area contributed by atoms with Crippen molar-refractivity contribution >= 4 is 5.91 Å². The number of aromatic nitrogens is 3. The van der Waals surface area contributed by atoms with Crippen LogP contribution in [0.25, 0.3) is 11.1 Å². The number of hydrogen-bond donors (Lipinski definition) is 0. The minimum atomic E-state index is 0.0966. The average molecular weight is 490 g/mol. The Balaban J connectivity index is 1.15. The molecule has 0 bridgehead atoms. The molecule has 0 spiro atoms. The average Bonchev–Trinajstić information content (AvgIpc) is 3.67. The maximum absolute atomic E-state index is 13.5. The molecule has 1 amide bonds. The molecule has 186 valence electrons. The van der Waals surface area contributed by atoms with Gasteiger partial charge < -0.3 is 4.90 Å². The number of amides is 1. The van der Waals surface area contributed by atoms with E-state index in [2.05, 4.69) is 57.0 Å². The molecule has 2 aromatic heterocycles. The molecule has 1 aliphatic carbocycles. The monoisotopic (exact) mass is 489 g/mol. The summed E-state index contributed by atoms with van der Waals surface area (Å²) in [4.78, 5) is 22.1. The van der Waals surface area contributed by atoms with Gasteiger partial charge in [0.15, 0.2) is 5.69 Å². The number of nitrogens with zero attached hydrogens (tertiary/aromatic N) is 5. The summed E-state index contributed by atoms with van der Waals surface area (Å²) >= 11 is 0. The van der Waals surface area contributed by atoms with Gasteiger partial charge in [-0.3, -0.25) is 19.4 Å². The molecule has 0 radical (unpaired) electrons. The Kier molecular flexibility index (Phi) is 5.62. The molecule has 1 fully saturated rings. The van der Waals surface area contributed by atoms with E-state index in [0.717, 1.165) is 69.5 Å². The maximum Gasteiger partial charge on any atom is 0.274 e. The molecule has 0 saturated carbocycles. The number of rotatable bonds is 5. The van der Waals surface area contributed by atoms with E-state index in [-0.39, 0.29) is 5.91 Å². The molecule has 7 rings (SSSR count). The van der Waals surface area contributed by atoms with Crippen molar-refractivity contribution in [3.63, 3.8) is 0 Å². The Morgan fingerprint density at radius 2 is 1.65 bits per heavy atom. The quantitative estimate of drug-likeness (QED) is 0.359. The third kappa shape index (κ3) is 4.15. The van der Waals surface area contributed by atoms with E-state index in [9.17, 15) is 4.79 Å². The molecular formula is C31H31N5O. The lowest BCUT2D eigenvalue weighted by molar-refractivity contribution is 0.0783. The van der Waals surface area contributed by atoms with Crippen molar-refractivity contribution in [3.8, 4) is 11.1 Å². The van der Waals surface area contributed by atoms with Gasteiger partial charge in [0.2, 0.25) is 0 Å². The fourth-order valence-electron chi connectivity index (χ4n) is 6.27. The molecule has 4 heterocycles. The van der Waals surface area contributed by atoms with Crippen molar-refractivity contribution in [3.05, 3.63) is 106 Å². The topological polar surface area (TPSA) is 54.3 Å². The van der Waals surface area contributed by atoms with Crippen LogP contribution in [0.1, 0.15) is 56.8 Å². The van der Waals surface area contributed by atoms with Crippen LogP contribution in [0.3, 0.4) is 0 Å². The normalized spacial score (nSPS) is 16.5. The molecule has 37 heavy (non-hydrogen) atoms. The van der Waals surface area contributed by atoms with Crippen molar-refractivity contribution in [1.29, 1.82) is 0 Å². The van der Waals surface area contributed by atoms with Crippen LogP contribution in [0.2, 0.25) is 0 Å². The first-order valence-corrected chi connectivity index (χ1v) is 13.4. The zero-order valence-corrected chi connectivity index (χ0v) is 21.1. The van der Waals surface area contributed by atoms with Gasteiger partial charge in [-0.1, -0.05) is 42.5 Å². The second kappa shape index (κ2) is 9.27. The Bertz CT molecular complexity index is 1470. The highest BCUT2D eigenvalue weighted by atomic mass is 16.2. The van der Waals surface area contributed by atoms with E-state index in [1.165, 1.54) is 33.5 Å². The highest BCUT2D eigenvalue weighted by Gasteiger charge is 2.31. The van der Waals surface area contributed by atoms with Gasteiger partial charge in [-0.05, 0) is 64.8 Å². The lowest BCUT2D eigenvalue weighted by Crippen LogP contribution is -2.33. The van der Waals surface area contributed by atoms with Gasteiger partial charge in [0.1, 0.15) is 0 Å². The molecule has 6 heteroatoms. The Labute approximate surface area is 217 Å². The van der Waals surface area contributed by atoms with Crippen LogP contribution in [0.15, 0.2) is 67.0 Å². The number of pyridine rings is 1. The lowest BCUT2D eigenvalue weighted by Gasteiger charge is -2.28. The lowest BCUT2D eigenvalue weighted by atomic mass is 10.0. The van der Waals surface area contributed by atoms with Gasteiger partial charge >= 0.3 is 0 Å². The van der Waals surface area contributed by atoms with Crippen molar-refractivity contribution < 1.29 is 4.79 Å². The fourth-order valence-corrected chi connectivity index (χ4v) is 6.27. The summed E-state index contributed by atoms with van der Waals surface area (Å²) in [5.41, 5.74) is 11.1. The molecule has 0 atom stereocenters. The van der Waals surface area contributed by atoms with Crippen LogP contribution in [0.4, 0.5) is 0 Å². The molecule has 0 unspecified atom stereocenters. The number of carbonyl (C=O) groups is 1. The standard InChI is InChI=1S/C31H31N5O/c37-31(35-14-3-4-15-35)30-28-21-34(16-11-29(28)36(33-30)20-22-9-12-32-13-10-22)19-23-7-8-27-25(17-23)18-24-5-1-2-6-26(24)27/h1-2,5-10,12-13,17H,3-4,11,14-16,18-21H2. The van der Waals surface area contributed by atoms with Crippen LogP contribution in [0, 0.1) is 0 Å². The minimum Gasteiger partial charge on any atom is -0.337 e. The van der Waals surface area contributed by atoms with E-state index in [1.54, 1.807) is 0 Å². The number of fused-ring (bicyclic) bond motifs is 4. The summed E-state index contributed by atoms with van der Waals surface area (Å²) in [6, 6.07) is 19.7. The van der Waals surface area contributed by atoms with Gasteiger partial charge in [0.05, 0.1) is 6.54 Å². The van der Waals surface area contributed by atoms with E-state index in [1.807, 2.05) is 29.4 Å². The third-order valence-electron chi connectivity index (χ3n) is 8.15. The van der Waals surface area contributed by atoms with E-state index in [4.69, 9.17) is 5.10 Å². The van der Waals surface area contributed by atoms with Crippen molar-refractivity contribution in [1.82, 2.24) is 24.6 Å². The first-order valence-electron chi connectivity index (χ1n) is 13.4. The number of hydrogen-bond acceptors (Lipinski definition) is 4. The zero-order chi connectivity index (χ0) is 24.8. The summed E-state index contributed by atoms with van der Waals surface area (Å²) < 4.78 is 2.07. The second-order valence-electron chi connectivity index (χ2n) is 10.6. The van der Waals surface area contributed by atoms with Crippen LogP contribution in [0.5, 0.6) is 0 Å². The highest BCUT2D eigenvalue weighted by molar-refractivity contribution is 5.94. The summed E-state index contributed by atoms with van der Waals surface area (Å²) in [5.74, 6) is 0.0966. The minimum absolute atomic E-state index is 0.0966. The Morgan fingerprint density at radius 1 is 0.838 bits per heavy atom. The molecule has 6 nitrogen and oxygen atoms in total. The number of likely N-dealkylation sites (tertiary alicyclic amines) is 1. The van der Waals surface area contributed by atoms with Crippen molar-refractivity contribution in [2.24, 2.45) is 0 Å². The van der Waals surface area contributed by atoms with E-state index < -0.39 is 0 Å². The van der Waals surface area contributed by atoms with E-state index in [0.29, 0.717) is 12.2 Å². The van der Waals surface area contributed by atoms with E-state index >= 15 is 0 Å². The molecule has 4 aromatic rings. The van der Waals surface area contributed by atoms with Gasteiger partial charge in [0, 0.05) is 62.8 Å². The fraction of sp³-hybridized carbons (Fsp3) is 0.323. The SMILES string of the molecule is O=C(c1nn(Cc2ccncc2)c2c1CN(Cc1ccc3c(c1)Cc1ccccc1-3)CC2)N1CCCC1. The van der Waals surface area contributed by atoms with Crippen LogP contribution < -0.4 is 0 Å². The first-order chi connectivity index (χ1) is 18.2. The zero-order valence-electron chi connectivity index (χ0n) is 21.1. The van der Waals surface area contributed by atoms with Gasteiger partial charge in [0.25, 0.3) is 5.91 Å². The molecule has 2 aromatic carbocycles. The molecular weight excluding hydrogens is 458 g/mol. The summed E-state index contributed by atoms with van der Waals surface area (Å²) in [6.07, 6.45) is 7.72. The smallest absolute Gasteiger partial charge is 0.274 e. The number of carbonyl (C=O) groups excluding carboxylic acids is 1. The van der Waals surface area contributed by atoms with Gasteiger partial charge in [-0.15, -0.1) is 0 Å². The predicted molar refractivity (Wildman–Crippen MR) is 143 cm³/mol. The molecule has 1 saturated heterocycles. The molecule has 0 N–H and O–H groups in total. The third-order valence-corrected chi connectivity index (χ3v) is 8.15.